The monoisotopic (exact) mass is 211 g/mol. The van der Waals surface area contributed by atoms with Gasteiger partial charge in [-0.15, -0.1) is 0 Å². The van der Waals surface area contributed by atoms with Gasteiger partial charge in [-0.3, -0.25) is 0 Å². The van der Waals surface area contributed by atoms with Crippen molar-refractivity contribution < 1.29 is 15.3 Å². The maximum Gasteiger partial charge on any atom is 0.296 e. The summed E-state index contributed by atoms with van der Waals surface area (Å²) < 4.78 is 0. The predicted molar refractivity (Wildman–Crippen MR) is 56.8 cm³/mol. The quantitative estimate of drug-likeness (QED) is 0.542. The van der Waals surface area contributed by atoms with Gasteiger partial charge in [0.05, 0.1) is 0 Å². The number of aliphatic hydroxyl groups is 3. The first kappa shape index (κ1) is 12.1. The van der Waals surface area contributed by atoms with E-state index in [4.69, 9.17) is 0 Å². The fourth-order valence-corrected chi connectivity index (χ4v) is 1.41. The summed E-state index contributed by atoms with van der Waals surface area (Å²) in [5.74, 6) is -2.76. The van der Waals surface area contributed by atoms with E-state index in [1.165, 1.54) is 0 Å². The number of rotatable bonds is 4. The minimum Gasteiger partial charge on any atom is -0.342 e. The molecule has 0 bridgehead atoms. The molecule has 0 fully saturated rings. The molecule has 4 heteroatoms. The van der Waals surface area contributed by atoms with Crippen LogP contribution < -0.4 is 5.32 Å². The van der Waals surface area contributed by atoms with Crippen molar-refractivity contribution in [1.82, 2.24) is 5.32 Å². The number of benzene rings is 1. The molecule has 0 saturated carbocycles. The van der Waals surface area contributed by atoms with Gasteiger partial charge in [-0.05, 0) is 5.56 Å². The van der Waals surface area contributed by atoms with Crippen molar-refractivity contribution in [2.45, 2.75) is 31.9 Å². The molecule has 1 atom stereocenters. The van der Waals surface area contributed by atoms with E-state index < -0.39 is 12.0 Å². The highest BCUT2D eigenvalue weighted by molar-refractivity contribution is 5.20. The van der Waals surface area contributed by atoms with Gasteiger partial charge in [-0.2, -0.15) is 0 Å². The smallest absolute Gasteiger partial charge is 0.296 e. The Hall–Kier alpha value is -0.940. The molecule has 0 aliphatic rings. The largest absolute Gasteiger partial charge is 0.342 e. The summed E-state index contributed by atoms with van der Waals surface area (Å²) in [4.78, 5) is 0. The van der Waals surface area contributed by atoms with Crippen molar-refractivity contribution in [1.29, 1.82) is 0 Å². The van der Waals surface area contributed by atoms with Gasteiger partial charge in [0.15, 0.2) is 0 Å². The molecular weight excluding hydrogens is 194 g/mol. The Morgan fingerprint density at radius 2 is 1.60 bits per heavy atom. The van der Waals surface area contributed by atoms with Crippen LogP contribution in [0.4, 0.5) is 0 Å². The summed E-state index contributed by atoms with van der Waals surface area (Å²) in [6.45, 7) is 3.73. The van der Waals surface area contributed by atoms with Gasteiger partial charge in [0.2, 0.25) is 0 Å². The van der Waals surface area contributed by atoms with Crippen LogP contribution in [-0.2, 0) is 0 Å². The fraction of sp³-hybridized carbons (Fsp3) is 0.455. The zero-order valence-corrected chi connectivity index (χ0v) is 8.88. The molecule has 1 rings (SSSR count). The maximum atomic E-state index is 9.23. The van der Waals surface area contributed by atoms with Crippen LogP contribution in [-0.4, -0.2) is 27.3 Å². The Labute approximate surface area is 89.2 Å². The number of hydrogen-bond acceptors (Lipinski definition) is 4. The van der Waals surface area contributed by atoms with E-state index in [1.807, 2.05) is 19.9 Å². The molecule has 0 heterocycles. The molecular formula is C11H17NO3. The van der Waals surface area contributed by atoms with Crippen LogP contribution in [0.15, 0.2) is 30.3 Å². The third-order valence-corrected chi connectivity index (χ3v) is 2.02. The molecule has 0 saturated heterocycles. The molecule has 0 amide bonds. The van der Waals surface area contributed by atoms with Gasteiger partial charge >= 0.3 is 0 Å². The van der Waals surface area contributed by atoms with E-state index >= 15 is 0 Å². The molecule has 4 N–H and O–H groups in total. The molecule has 0 aliphatic heterocycles. The van der Waals surface area contributed by atoms with E-state index in [9.17, 15) is 15.3 Å². The highest BCUT2D eigenvalue weighted by atomic mass is 16.7. The zero-order valence-electron chi connectivity index (χ0n) is 8.88. The molecule has 4 nitrogen and oxygen atoms in total. The van der Waals surface area contributed by atoms with Gasteiger partial charge in [0.25, 0.3) is 5.97 Å². The minimum absolute atomic E-state index is 0.0287. The fourth-order valence-electron chi connectivity index (χ4n) is 1.41. The lowest BCUT2D eigenvalue weighted by Crippen LogP contribution is -2.46. The average Bonchev–Trinajstić information content (AvgIpc) is 2.14. The summed E-state index contributed by atoms with van der Waals surface area (Å²) >= 11 is 0. The molecule has 0 radical (unpaired) electrons. The van der Waals surface area contributed by atoms with Crippen LogP contribution in [0.25, 0.3) is 0 Å². The summed E-state index contributed by atoms with van der Waals surface area (Å²) in [5.41, 5.74) is 0.624. The lowest BCUT2D eigenvalue weighted by molar-refractivity contribution is -0.330. The zero-order chi connectivity index (χ0) is 11.5. The van der Waals surface area contributed by atoms with Crippen molar-refractivity contribution in [3.63, 3.8) is 0 Å². The Morgan fingerprint density at radius 1 is 1.07 bits per heavy atom. The van der Waals surface area contributed by atoms with Crippen LogP contribution in [0, 0.1) is 0 Å². The average molecular weight is 211 g/mol. The van der Waals surface area contributed by atoms with Gasteiger partial charge in [-0.25, -0.2) is 0 Å². The third kappa shape index (κ3) is 3.60. The minimum atomic E-state index is -2.76. The van der Waals surface area contributed by atoms with Crippen molar-refractivity contribution in [3.05, 3.63) is 35.9 Å². The predicted octanol–water partition coefficient (Wildman–Crippen LogP) is 0.356. The Morgan fingerprint density at radius 3 is 2.00 bits per heavy atom. The highest BCUT2D eigenvalue weighted by Gasteiger charge is 2.33. The SMILES string of the molecule is CC(C)NC(c1ccccc1)C(O)(O)O. The van der Waals surface area contributed by atoms with Crippen molar-refractivity contribution in [2.75, 3.05) is 0 Å². The molecule has 1 unspecified atom stereocenters. The highest BCUT2D eigenvalue weighted by Crippen LogP contribution is 2.22. The van der Waals surface area contributed by atoms with Crippen LogP contribution in [0.1, 0.15) is 25.5 Å². The topological polar surface area (TPSA) is 72.7 Å². The van der Waals surface area contributed by atoms with Crippen molar-refractivity contribution in [3.8, 4) is 0 Å². The van der Waals surface area contributed by atoms with Gasteiger partial charge in [0, 0.05) is 6.04 Å². The Balaban J connectivity index is 2.92. The van der Waals surface area contributed by atoms with E-state index in [0.717, 1.165) is 0 Å². The van der Waals surface area contributed by atoms with Gasteiger partial charge in [-0.1, -0.05) is 44.2 Å². The lowest BCUT2D eigenvalue weighted by Gasteiger charge is -2.29. The summed E-state index contributed by atoms with van der Waals surface area (Å²) in [7, 11) is 0. The molecule has 15 heavy (non-hydrogen) atoms. The third-order valence-electron chi connectivity index (χ3n) is 2.02. The molecule has 1 aromatic carbocycles. The summed E-state index contributed by atoms with van der Waals surface area (Å²) in [5, 5.41) is 30.6. The van der Waals surface area contributed by atoms with Crippen molar-refractivity contribution in [2.24, 2.45) is 0 Å². The van der Waals surface area contributed by atoms with Crippen LogP contribution in [0.2, 0.25) is 0 Å². The van der Waals surface area contributed by atoms with Crippen LogP contribution in [0.3, 0.4) is 0 Å². The Kier molecular flexibility index (Phi) is 3.82. The van der Waals surface area contributed by atoms with Crippen LogP contribution in [0.5, 0.6) is 0 Å². The van der Waals surface area contributed by atoms with Crippen LogP contribution >= 0.6 is 0 Å². The summed E-state index contributed by atoms with van der Waals surface area (Å²) in [6.07, 6.45) is 0. The molecule has 0 aliphatic carbocycles. The second-order valence-corrected chi connectivity index (χ2v) is 3.85. The maximum absolute atomic E-state index is 9.23. The molecule has 0 spiro atoms. The van der Waals surface area contributed by atoms with Gasteiger partial charge in [0.1, 0.15) is 6.04 Å². The number of nitrogens with one attached hydrogen (secondary N) is 1. The lowest BCUT2D eigenvalue weighted by atomic mass is 10.0. The first-order valence-electron chi connectivity index (χ1n) is 4.89. The second-order valence-electron chi connectivity index (χ2n) is 3.85. The Bertz CT molecular complexity index is 292. The van der Waals surface area contributed by atoms with Gasteiger partial charge < -0.3 is 20.6 Å². The molecule has 1 aromatic rings. The van der Waals surface area contributed by atoms with E-state index in [0.29, 0.717) is 5.56 Å². The van der Waals surface area contributed by atoms with E-state index in [2.05, 4.69) is 5.32 Å². The van der Waals surface area contributed by atoms with E-state index in [-0.39, 0.29) is 6.04 Å². The first-order chi connectivity index (χ1) is 6.91. The first-order valence-corrected chi connectivity index (χ1v) is 4.89. The molecule has 0 aromatic heterocycles. The normalized spacial score (nSPS) is 14.3. The van der Waals surface area contributed by atoms with Crippen molar-refractivity contribution >= 4 is 0 Å². The summed E-state index contributed by atoms with van der Waals surface area (Å²) in [6, 6.07) is 7.92. The standard InChI is InChI=1S/C11H17NO3/c1-8(2)12-10(11(13,14)15)9-6-4-3-5-7-9/h3-8,10,12-15H,1-2H3. The second kappa shape index (κ2) is 4.72. The molecule has 84 valence electrons. The van der Waals surface area contributed by atoms with E-state index in [1.54, 1.807) is 24.3 Å². The number of hydrogen-bond donors (Lipinski definition) is 4.